The molecule has 23 heavy (non-hydrogen) atoms. The Kier molecular flexibility index (Phi) is 3.55. The molecule has 0 bridgehead atoms. The zero-order valence-corrected chi connectivity index (χ0v) is 14.0. The zero-order chi connectivity index (χ0) is 16.4. The molecule has 0 aliphatic heterocycles. The van der Waals surface area contributed by atoms with Gasteiger partial charge in [-0.25, -0.2) is 0 Å². The van der Waals surface area contributed by atoms with E-state index >= 15 is 0 Å². The van der Waals surface area contributed by atoms with Gasteiger partial charge in [-0.2, -0.15) is 0 Å². The number of aliphatic hydroxyl groups excluding tert-OH is 2. The highest BCUT2D eigenvalue weighted by Gasteiger charge is 2.58. The molecule has 4 nitrogen and oxygen atoms in total. The van der Waals surface area contributed by atoms with Crippen LogP contribution < -0.4 is 0 Å². The molecule has 4 aliphatic carbocycles. The second-order valence-electron chi connectivity index (χ2n) is 8.29. The van der Waals surface area contributed by atoms with E-state index < -0.39 is 18.0 Å². The number of ether oxygens (including phenoxy) is 1. The molecule has 0 aromatic heterocycles. The minimum absolute atomic E-state index is 0.135. The monoisotopic (exact) mass is 320 g/mol. The molecule has 0 aromatic carbocycles. The topological polar surface area (TPSA) is 69.9 Å². The number of hydrogen-bond acceptors (Lipinski definition) is 4. The van der Waals surface area contributed by atoms with Crippen LogP contribution in [0.4, 0.5) is 0 Å². The first kappa shape index (κ1) is 15.8. The van der Waals surface area contributed by atoms with Crippen molar-refractivity contribution < 1.29 is 20.1 Å². The Bertz CT molecular complexity index is 568. The fraction of sp³-hybridized carbons (Fsp3) is 0.789. The molecule has 3 fully saturated rings. The lowest BCUT2D eigenvalue weighted by Gasteiger charge is -2.51. The van der Waals surface area contributed by atoms with Crippen LogP contribution >= 0.6 is 0 Å². The second kappa shape index (κ2) is 5.16. The Morgan fingerprint density at radius 1 is 1.26 bits per heavy atom. The predicted molar refractivity (Wildman–Crippen MR) is 86.4 cm³/mol. The number of hydrogen-bond donors (Lipinski definition) is 3. The lowest BCUT2D eigenvalue weighted by molar-refractivity contribution is -0.145. The third kappa shape index (κ3) is 2.19. The first-order valence-corrected chi connectivity index (χ1v) is 8.94. The second-order valence-corrected chi connectivity index (χ2v) is 8.29. The van der Waals surface area contributed by atoms with Gasteiger partial charge in [0.2, 0.25) is 0 Å². The molecule has 128 valence electrons. The van der Waals surface area contributed by atoms with E-state index in [0.29, 0.717) is 24.2 Å². The van der Waals surface area contributed by atoms with E-state index in [2.05, 4.69) is 13.0 Å². The molecular formula is C19H28O4. The van der Waals surface area contributed by atoms with Crippen molar-refractivity contribution in [2.75, 3.05) is 7.11 Å². The number of methoxy groups -OCH3 is 1. The van der Waals surface area contributed by atoms with E-state index in [-0.39, 0.29) is 5.41 Å². The van der Waals surface area contributed by atoms with Gasteiger partial charge in [-0.15, -0.1) is 0 Å². The normalized spacial score (nSPS) is 52.1. The third-order valence-corrected chi connectivity index (χ3v) is 7.30. The highest BCUT2D eigenvalue weighted by molar-refractivity contribution is 5.41. The Morgan fingerprint density at radius 2 is 2.04 bits per heavy atom. The maximum absolute atomic E-state index is 10.4. The standard InChI is InChI=1S/C19H28O4/c1-18-7-5-13-12-6-8-19(22,23-2)10-11(12)3-4-14(13)15(18)9-16(20)17(18)21/h6,10,13-17,20-22H,3-5,7-9H2,1-2H3/t13-,14-,15+,16-,17+,18+,19?/m1/s1. The lowest BCUT2D eigenvalue weighted by atomic mass is 9.54. The van der Waals surface area contributed by atoms with E-state index in [0.717, 1.165) is 32.1 Å². The molecule has 4 heteroatoms. The van der Waals surface area contributed by atoms with Crippen LogP contribution in [0.5, 0.6) is 0 Å². The molecule has 3 saturated carbocycles. The van der Waals surface area contributed by atoms with Crippen molar-refractivity contribution in [2.24, 2.45) is 23.2 Å². The molecule has 1 unspecified atom stereocenters. The van der Waals surface area contributed by atoms with Crippen molar-refractivity contribution in [1.29, 1.82) is 0 Å². The first-order valence-electron chi connectivity index (χ1n) is 8.94. The molecule has 0 saturated heterocycles. The maximum Gasteiger partial charge on any atom is 0.188 e. The summed E-state index contributed by atoms with van der Waals surface area (Å²) in [7, 11) is 1.55. The van der Waals surface area contributed by atoms with Crippen molar-refractivity contribution >= 4 is 0 Å². The van der Waals surface area contributed by atoms with E-state index in [1.807, 2.05) is 6.08 Å². The number of fused-ring (bicyclic) bond motifs is 5. The summed E-state index contributed by atoms with van der Waals surface area (Å²) in [6.45, 7) is 2.17. The first-order chi connectivity index (χ1) is 10.9. The molecule has 7 atom stereocenters. The van der Waals surface area contributed by atoms with Gasteiger partial charge in [-0.1, -0.05) is 13.0 Å². The van der Waals surface area contributed by atoms with Gasteiger partial charge in [0.15, 0.2) is 5.79 Å². The summed E-state index contributed by atoms with van der Waals surface area (Å²) in [5, 5.41) is 31.0. The molecule has 0 heterocycles. The largest absolute Gasteiger partial charge is 0.390 e. The van der Waals surface area contributed by atoms with Gasteiger partial charge in [-0.05, 0) is 72.5 Å². The summed E-state index contributed by atoms with van der Waals surface area (Å²) in [6, 6.07) is 0. The third-order valence-electron chi connectivity index (χ3n) is 7.30. The van der Waals surface area contributed by atoms with Crippen LogP contribution in [0.15, 0.2) is 23.3 Å². The van der Waals surface area contributed by atoms with Crippen molar-refractivity contribution in [3.63, 3.8) is 0 Å². The summed E-state index contributed by atoms with van der Waals surface area (Å²) in [6.07, 6.45) is 8.23. The Balaban J connectivity index is 1.63. The van der Waals surface area contributed by atoms with Gasteiger partial charge < -0.3 is 20.1 Å². The van der Waals surface area contributed by atoms with Crippen LogP contribution in [0.1, 0.15) is 45.4 Å². The summed E-state index contributed by atoms with van der Waals surface area (Å²) in [5.41, 5.74) is 2.50. The highest BCUT2D eigenvalue weighted by atomic mass is 16.6. The fourth-order valence-electron chi connectivity index (χ4n) is 5.94. The molecule has 4 rings (SSSR count). The smallest absolute Gasteiger partial charge is 0.188 e. The Hall–Kier alpha value is -0.680. The van der Waals surface area contributed by atoms with Gasteiger partial charge in [0.1, 0.15) is 0 Å². The van der Waals surface area contributed by atoms with Crippen molar-refractivity contribution in [3.05, 3.63) is 23.3 Å². The zero-order valence-electron chi connectivity index (χ0n) is 14.0. The van der Waals surface area contributed by atoms with Crippen molar-refractivity contribution in [1.82, 2.24) is 0 Å². The molecule has 0 radical (unpaired) electrons. The van der Waals surface area contributed by atoms with E-state index in [1.54, 1.807) is 7.11 Å². The van der Waals surface area contributed by atoms with Gasteiger partial charge in [0, 0.05) is 13.5 Å². The summed E-state index contributed by atoms with van der Waals surface area (Å²) < 4.78 is 5.25. The number of aliphatic hydroxyl groups is 3. The van der Waals surface area contributed by atoms with Crippen LogP contribution in [0, 0.1) is 23.2 Å². The van der Waals surface area contributed by atoms with Gasteiger partial charge >= 0.3 is 0 Å². The molecule has 0 amide bonds. The molecule has 3 N–H and O–H groups in total. The lowest BCUT2D eigenvalue weighted by Crippen LogP contribution is -2.46. The van der Waals surface area contributed by atoms with Crippen molar-refractivity contribution in [3.8, 4) is 0 Å². The molecule has 4 aliphatic rings. The van der Waals surface area contributed by atoms with Crippen molar-refractivity contribution in [2.45, 2.75) is 63.4 Å². The molecule has 0 spiro atoms. The van der Waals surface area contributed by atoms with Crippen LogP contribution in [0.3, 0.4) is 0 Å². The average molecular weight is 320 g/mol. The average Bonchev–Trinajstić information content (AvgIpc) is 2.78. The Morgan fingerprint density at radius 3 is 2.78 bits per heavy atom. The van der Waals surface area contributed by atoms with Gasteiger partial charge in [0.25, 0.3) is 0 Å². The van der Waals surface area contributed by atoms with Crippen LogP contribution in [0.2, 0.25) is 0 Å². The summed E-state index contributed by atoms with van der Waals surface area (Å²) in [5.74, 6) is 0.302. The van der Waals surface area contributed by atoms with Crippen LogP contribution in [-0.2, 0) is 4.74 Å². The fourth-order valence-corrected chi connectivity index (χ4v) is 5.94. The van der Waals surface area contributed by atoms with E-state index in [4.69, 9.17) is 4.74 Å². The highest BCUT2D eigenvalue weighted by Crippen LogP contribution is 2.61. The summed E-state index contributed by atoms with van der Waals surface area (Å²) >= 11 is 0. The Labute approximate surface area is 137 Å². The van der Waals surface area contributed by atoms with E-state index in [9.17, 15) is 15.3 Å². The molecular weight excluding hydrogens is 292 g/mol. The van der Waals surface area contributed by atoms with Gasteiger partial charge in [0.05, 0.1) is 12.2 Å². The molecule has 0 aromatic rings. The minimum Gasteiger partial charge on any atom is -0.390 e. The van der Waals surface area contributed by atoms with Gasteiger partial charge in [-0.3, -0.25) is 0 Å². The number of allylic oxidation sites excluding steroid dienone is 2. The maximum atomic E-state index is 10.4. The SMILES string of the molecule is COC1(O)C=C2CC[C@@H]3[C@H](CC[C@]4(C)[C@@H](O)[C@H](O)C[C@@H]34)C2=CC1. The van der Waals surface area contributed by atoms with Crippen LogP contribution in [0.25, 0.3) is 0 Å². The van der Waals surface area contributed by atoms with Crippen LogP contribution in [-0.4, -0.2) is 40.4 Å². The van der Waals surface area contributed by atoms with E-state index in [1.165, 1.54) is 11.1 Å². The quantitative estimate of drug-likeness (QED) is 0.648. The predicted octanol–water partition coefficient (Wildman–Crippen LogP) is 2.15. The summed E-state index contributed by atoms with van der Waals surface area (Å²) in [4.78, 5) is 0. The number of rotatable bonds is 1. The minimum atomic E-state index is -1.14.